The van der Waals surface area contributed by atoms with Crippen molar-refractivity contribution < 1.29 is 9.59 Å². The molecule has 144 valence electrons. The van der Waals surface area contributed by atoms with Crippen molar-refractivity contribution in [3.63, 3.8) is 0 Å². The molecule has 4 rings (SSSR count). The van der Waals surface area contributed by atoms with E-state index < -0.39 is 0 Å². The van der Waals surface area contributed by atoms with Crippen molar-refractivity contribution in [1.29, 1.82) is 0 Å². The zero-order valence-corrected chi connectivity index (χ0v) is 16.5. The molecule has 1 heterocycles. The lowest BCUT2D eigenvalue weighted by molar-refractivity contribution is -0.140. The quantitative estimate of drug-likeness (QED) is 0.738. The summed E-state index contributed by atoms with van der Waals surface area (Å²) in [5, 5.41) is 0. The van der Waals surface area contributed by atoms with Crippen LogP contribution in [0.5, 0.6) is 0 Å². The van der Waals surface area contributed by atoms with Gasteiger partial charge in [-0.3, -0.25) is 14.5 Å². The highest BCUT2D eigenvalue weighted by atomic mass is 16.2. The van der Waals surface area contributed by atoms with E-state index in [4.69, 9.17) is 0 Å². The van der Waals surface area contributed by atoms with Gasteiger partial charge in [0.2, 0.25) is 0 Å². The van der Waals surface area contributed by atoms with Gasteiger partial charge in [-0.1, -0.05) is 67.3 Å². The summed E-state index contributed by atoms with van der Waals surface area (Å²) in [5.41, 5.74) is 3.82. The van der Waals surface area contributed by atoms with Crippen LogP contribution in [0.4, 0.5) is 5.69 Å². The topological polar surface area (TPSA) is 40.6 Å². The summed E-state index contributed by atoms with van der Waals surface area (Å²) in [4.78, 5) is 30.3. The minimum Gasteiger partial charge on any atom is -0.339 e. The number of hydrogen-bond donors (Lipinski definition) is 0. The second kappa shape index (κ2) is 7.63. The number of amides is 2. The fourth-order valence-electron chi connectivity index (χ4n) is 4.28. The molecule has 0 spiro atoms. The number of carbonyl (C=O) groups excluding carboxylic acids is 2. The van der Waals surface area contributed by atoms with Gasteiger partial charge in [-0.05, 0) is 37.5 Å². The lowest BCUT2D eigenvalue weighted by Gasteiger charge is -2.30. The molecule has 0 radical (unpaired) electrons. The van der Waals surface area contributed by atoms with E-state index in [-0.39, 0.29) is 17.9 Å². The number of imide groups is 1. The third-order valence-corrected chi connectivity index (χ3v) is 5.85. The van der Waals surface area contributed by atoms with Gasteiger partial charge in [0.1, 0.15) is 5.70 Å². The summed E-state index contributed by atoms with van der Waals surface area (Å²) in [5.74, 6) is -0.322. The number of anilines is 1. The average molecular weight is 374 g/mol. The van der Waals surface area contributed by atoms with Crippen LogP contribution in [0.2, 0.25) is 0 Å². The Kier molecular flexibility index (Phi) is 5.03. The fraction of sp³-hybridized carbons (Fsp3) is 0.333. The first-order valence-corrected chi connectivity index (χ1v) is 10.1. The lowest BCUT2D eigenvalue weighted by Crippen LogP contribution is -2.43. The first kappa shape index (κ1) is 18.5. The van der Waals surface area contributed by atoms with Crippen molar-refractivity contribution in [3.05, 3.63) is 71.4 Å². The molecule has 0 N–H and O–H groups in total. The van der Waals surface area contributed by atoms with Crippen LogP contribution in [0.25, 0.3) is 5.57 Å². The number of hydrogen-bond acceptors (Lipinski definition) is 3. The Labute approximate surface area is 166 Å². The summed E-state index contributed by atoms with van der Waals surface area (Å²) in [7, 11) is 1.87. The van der Waals surface area contributed by atoms with E-state index in [1.807, 2.05) is 73.5 Å². The molecule has 4 heteroatoms. The standard InChI is InChI=1S/C24H26N2O2/c1-17-13-15-18(16-14-17)21-22(25(2)19-9-5-3-6-10-19)24(28)26(23(21)27)20-11-7-4-8-12-20/h3,5-6,9-10,13-16,20H,4,7-8,11-12H2,1-2H3. The molecule has 1 fully saturated rings. The normalized spacial score (nSPS) is 18.1. The minimum atomic E-state index is -0.168. The smallest absolute Gasteiger partial charge is 0.278 e. The number of aryl methyl sites for hydroxylation is 1. The molecule has 0 aromatic heterocycles. The van der Waals surface area contributed by atoms with E-state index in [2.05, 4.69) is 0 Å². The second-order valence-electron chi connectivity index (χ2n) is 7.76. The third kappa shape index (κ3) is 3.24. The van der Waals surface area contributed by atoms with Crippen molar-refractivity contribution in [3.8, 4) is 0 Å². The van der Waals surface area contributed by atoms with Gasteiger partial charge in [-0.25, -0.2) is 0 Å². The van der Waals surface area contributed by atoms with Crippen LogP contribution in [-0.2, 0) is 9.59 Å². The SMILES string of the molecule is Cc1ccc(C2=C(N(C)c3ccccc3)C(=O)N(C3CCCCC3)C2=O)cc1. The summed E-state index contributed by atoms with van der Waals surface area (Å²) in [6.07, 6.45) is 5.14. The number of likely N-dealkylation sites (N-methyl/N-ethyl adjacent to an activating group) is 1. The molecule has 0 atom stereocenters. The van der Waals surface area contributed by atoms with Crippen LogP contribution < -0.4 is 4.90 Å². The molecule has 28 heavy (non-hydrogen) atoms. The van der Waals surface area contributed by atoms with E-state index in [1.165, 1.54) is 11.3 Å². The molecule has 0 saturated heterocycles. The van der Waals surface area contributed by atoms with Gasteiger partial charge in [0.05, 0.1) is 5.57 Å². The summed E-state index contributed by atoms with van der Waals surface area (Å²) >= 11 is 0. The Balaban J connectivity index is 1.80. The maximum atomic E-state index is 13.5. The van der Waals surface area contributed by atoms with E-state index in [0.29, 0.717) is 11.3 Å². The Hall–Kier alpha value is -2.88. The molecule has 2 aromatic carbocycles. The lowest BCUT2D eigenvalue weighted by atomic mass is 9.94. The van der Waals surface area contributed by atoms with Gasteiger partial charge in [-0.15, -0.1) is 0 Å². The number of carbonyl (C=O) groups is 2. The van der Waals surface area contributed by atoms with Gasteiger partial charge in [0, 0.05) is 18.8 Å². The first-order valence-electron chi connectivity index (χ1n) is 10.1. The summed E-state index contributed by atoms with van der Waals surface area (Å²) in [6.45, 7) is 2.02. The van der Waals surface area contributed by atoms with Crippen molar-refractivity contribution in [2.24, 2.45) is 0 Å². The minimum absolute atomic E-state index is 0.0101. The summed E-state index contributed by atoms with van der Waals surface area (Å²) < 4.78 is 0. The molecule has 1 aliphatic carbocycles. The highest BCUT2D eigenvalue weighted by molar-refractivity contribution is 6.36. The molecule has 2 aliphatic rings. The van der Waals surface area contributed by atoms with Gasteiger partial charge < -0.3 is 4.90 Å². The van der Waals surface area contributed by atoms with E-state index in [0.717, 1.165) is 42.5 Å². The molecule has 2 amide bonds. The predicted octanol–water partition coefficient (Wildman–Crippen LogP) is 4.54. The van der Waals surface area contributed by atoms with Gasteiger partial charge in [-0.2, -0.15) is 0 Å². The highest BCUT2D eigenvalue weighted by Gasteiger charge is 2.44. The highest BCUT2D eigenvalue weighted by Crippen LogP contribution is 2.37. The zero-order chi connectivity index (χ0) is 19.7. The molecule has 0 bridgehead atoms. The monoisotopic (exact) mass is 374 g/mol. The number of para-hydroxylation sites is 1. The number of nitrogens with zero attached hydrogens (tertiary/aromatic N) is 2. The second-order valence-corrected chi connectivity index (χ2v) is 7.76. The van der Waals surface area contributed by atoms with Crippen LogP contribution in [0.3, 0.4) is 0 Å². The number of rotatable bonds is 4. The zero-order valence-electron chi connectivity index (χ0n) is 16.5. The maximum absolute atomic E-state index is 13.5. The van der Waals surface area contributed by atoms with E-state index in [9.17, 15) is 9.59 Å². The van der Waals surface area contributed by atoms with Gasteiger partial charge in [0.15, 0.2) is 0 Å². The largest absolute Gasteiger partial charge is 0.339 e. The fourth-order valence-corrected chi connectivity index (χ4v) is 4.28. The summed E-state index contributed by atoms with van der Waals surface area (Å²) in [6, 6.07) is 17.6. The molecular weight excluding hydrogens is 348 g/mol. The number of benzene rings is 2. The van der Waals surface area contributed by atoms with Crippen LogP contribution in [-0.4, -0.2) is 29.8 Å². The van der Waals surface area contributed by atoms with Crippen LogP contribution in [0.15, 0.2) is 60.3 Å². The maximum Gasteiger partial charge on any atom is 0.278 e. The molecule has 2 aromatic rings. The molecular formula is C24H26N2O2. The van der Waals surface area contributed by atoms with Crippen LogP contribution in [0.1, 0.15) is 43.2 Å². The molecule has 1 saturated carbocycles. The Morgan fingerprint density at radius 2 is 1.50 bits per heavy atom. The van der Waals surface area contributed by atoms with Crippen molar-refractivity contribution >= 4 is 23.1 Å². The first-order chi connectivity index (χ1) is 13.6. The van der Waals surface area contributed by atoms with Crippen molar-refractivity contribution in [2.75, 3.05) is 11.9 Å². The molecule has 0 unspecified atom stereocenters. The van der Waals surface area contributed by atoms with E-state index in [1.54, 1.807) is 0 Å². The predicted molar refractivity (Wildman–Crippen MR) is 112 cm³/mol. The van der Waals surface area contributed by atoms with Gasteiger partial charge in [0.25, 0.3) is 11.8 Å². The molecule has 1 aliphatic heterocycles. The Morgan fingerprint density at radius 1 is 0.857 bits per heavy atom. The van der Waals surface area contributed by atoms with Crippen molar-refractivity contribution in [1.82, 2.24) is 4.90 Å². The van der Waals surface area contributed by atoms with E-state index >= 15 is 0 Å². The van der Waals surface area contributed by atoms with Crippen molar-refractivity contribution in [2.45, 2.75) is 45.1 Å². The molecule has 4 nitrogen and oxygen atoms in total. The van der Waals surface area contributed by atoms with Crippen LogP contribution in [0, 0.1) is 6.92 Å². The van der Waals surface area contributed by atoms with Gasteiger partial charge >= 0.3 is 0 Å². The van der Waals surface area contributed by atoms with Crippen LogP contribution >= 0.6 is 0 Å². The average Bonchev–Trinajstić information content (AvgIpc) is 2.99. The third-order valence-electron chi connectivity index (χ3n) is 5.85. The Morgan fingerprint density at radius 3 is 2.14 bits per heavy atom. The Bertz CT molecular complexity index is 909.